The van der Waals surface area contributed by atoms with Crippen LogP contribution in [0.5, 0.6) is 11.5 Å². The second-order valence-corrected chi connectivity index (χ2v) is 7.68. The summed E-state index contributed by atoms with van der Waals surface area (Å²) in [7, 11) is 0. The maximum absolute atomic E-state index is 9.48. The molecule has 4 rings (SSSR count). The molecule has 4 heteroatoms. The van der Waals surface area contributed by atoms with Crippen LogP contribution in [0.4, 0.5) is 0 Å². The maximum atomic E-state index is 9.48. The normalized spacial score (nSPS) is 13.4. The van der Waals surface area contributed by atoms with Crippen LogP contribution in [0.3, 0.4) is 0 Å². The van der Waals surface area contributed by atoms with E-state index in [1.54, 1.807) is 0 Å². The van der Waals surface area contributed by atoms with Gasteiger partial charge in [0.25, 0.3) is 0 Å². The minimum atomic E-state index is 0.137. The smallest absolute Gasteiger partial charge is 0.231 e. The fourth-order valence-corrected chi connectivity index (χ4v) is 4.02. The van der Waals surface area contributed by atoms with E-state index < -0.39 is 0 Å². The zero-order valence-electron chi connectivity index (χ0n) is 17.4. The van der Waals surface area contributed by atoms with Crippen molar-refractivity contribution in [2.45, 2.75) is 32.2 Å². The predicted octanol–water partition coefficient (Wildman–Crippen LogP) is 4.90. The topological polar surface area (TPSA) is 50.7 Å². The molecule has 4 nitrogen and oxygen atoms in total. The highest BCUT2D eigenvalue weighted by atomic mass is 16.7. The summed E-state index contributed by atoms with van der Waals surface area (Å²) in [6.07, 6.45) is 2.60. The number of hydrogen-bond donors (Lipinski definition) is 2. The van der Waals surface area contributed by atoms with Crippen molar-refractivity contribution in [2.75, 3.05) is 19.9 Å². The number of ether oxygens (including phenoxy) is 2. The third-order valence-electron chi connectivity index (χ3n) is 5.66. The first kappa shape index (κ1) is 20.5. The molecular weight excluding hydrogens is 374 g/mol. The number of aryl methyl sites for hydroxylation is 1. The van der Waals surface area contributed by atoms with Gasteiger partial charge in [-0.25, -0.2) is 0 Å². The minimum absolute atomic E-state index is 0.137. The van der Waals surface area contributed by atoms with Crippen molar-refractivity contribution >= 4 is 0 Å². The molecule has 156 valence electrons. The van der Waals surface area contributed by atoms with Gasteiger partial charge >= 0.3 is 0 Å². The van der Waals surface area contributed by atoms with Gasteiger partial charge in [0.15, 0.2) is 11.5 Å². The Balaban J connectivity index is 1.50. The average molecular weight is 404 g/mol. The van der Waals surface area contributed by atoms with Crippen molar-refractivity contribution in [3.05, 3.63) is 83.4 Å². The first-order valence-corrected chi connectivity index (χ1v) is 10.7. The quantitative estimate of drug-likeness (QED) is 0.499. The Morgan fingerprint density at radius 2 is 1.60 bits per heavy atom. The number of rotatable bonds is 9. The van der Waals surface area contributed by atoms with E-state index >= 15 is 0 Å². The molecule has 0 fully saturated rings. The Morgan fingerprint density at radius 1 is 0.867 bits per heavy atom. The SMILES string of the molecule is C[C@H](NCCCc1cc2c(cc1-c1ccccc1CCO)OCO2)c1ccccc1. The average Bonchev–Trinajstić information content (AvgIpc) is 3.25. The molecule has 1 aliphatic heterocycles. The molecular formula is C26H29NO3. The summed E-state index contributed by atoms with van der Waals surface area (Å²) in [5.41, 5.74) is 6.03. The number of fused-ring (bicyclic) bond motifs is 1. The Hall–Kier alpha value is -2.82. The van der Waals surface area contributed by atoms with Crippen molar-refractivity contribution in [3.63, 3.8) is 0 Å². The molecule has 1 aliphatic rings. The van der Waals surface area contributed by atoms with Gasteiger partial charge in [-0.3, -0.25) is 0 Å². The number of benzene rings is 3. The molecule has 3 aromatic carbocycles. The van der Waals surface area contributed by atoms with Gasteiger partial charge in [-0.05, 0) is 72.7 Å². The van der Waals surface area contributed by atoms with Crippen LogP contribution in [0.1, 0.15) is 36.1 Å². The molecule has 0 spiro atoms. The molecule has 0 radical (unpaired) electrons. The zero-order chi connectivity index (χ0) is 20.8. The van der Waals surface area contributed by atoms with Crippen LogP contribution in [0.2, 0.25) is 0 Å². The molecule has 3 aromatic rings. The Kier molecular flexibility index (Phi) is 6.67. The summed E-state index contributed by atoms with van der Waals surface area (Å²) >= 11 is 0. The van der Waals surface area contributed by atoms with Crippen LogP contribution < -0.4 is 14.8 Å². The third kappa shape index (κ3) is 4.66. The van der Waals surface area contributed by atoms with Crippen LogP contribution in [0, 0.1) is 0 Å². The van der Waals surface area contributed by atoms with E-state index in [0.29, 0.717) is 12.5 Å². The van der Waals surface area contributed by atoms with Gasteiger partial charge in [0.1, 0.15) is 0 Å². The third-order valence-corrected chi connectivity index (χ3v) is 5.66. The summed E-state index contributed by atoms with van der Waals surface area (Å²) in [6, 6.07) is 23.3. The first-order chi connectivity index (χ1) is 14.8. The molecule has 2 N–H and O–H groups in total. The predicted molar refractivity (Wildman–Crippen MR) is 120 cm³/mol. The molecule has 30 heavy (non-hydrogen) atoms. The van der Waals surface area contributed by atoms with E-state index in [2.05, 4.69) is 60.8 Å². The lowest BCUT2D eigenvalue weighted by Crippen LogP contribution is -2.20. The van der Waals surface area contributed by atoms with E-state index in [1.165, 1.54) is 16.7 Å². The molecule has 1 heterocycles. The van der Waals surface area contributed by atoms with Crippen molar-refractivity contribution in [2.24, 2.45) is 0 Å². The maximum Gasteiger partial charge on any atom is 0.231 e. The van der Waals surface area contributed by atoms with Crippen LogP contribution in [0.25, 0.3) is 11.1 Å². The second kappa shape index (κ2) is 9.79. The number of aliphatic hydroxyl groups is 1. The second-order valence-electron chi connectivity index (χ2n) is 7.68. The summed E-state index contributed by atoms with van der Waals surface area (Å²) in [5.74, 6) is 1.61. The first-order valence-electron chi connectivity index (χ1n) is 10.7. The molecule has 0 aliphatic carbocycles. The van der Waals surface area contributed by atoms with Gasteiger partial charge in [0.05, 0.1) is 0 Å². The number of aliphatic hydroxyl groups excluding tert-OH is 1. The van der Waals surface area contributed by atoms with Crippen LogP contribution in [-0.4, -0.2) is 25.1 Å². The van der Waals surface area contributed by atoms with Crippen molar-refractivity contribution < 1.29 is 14.6 Å². The van der Waals surface area contributed by atoms with E-state index in [9.17, 15) is 5.11 Å². The molecule has 0 amide bonds. The van der Waals surface area contributed by atoms with E-state index in [4.69, 9.17) is 9.47 Å². The molecule has 0 saturated carbocycles. The Morgan fingerprint density at radius 3 is 2.40 bits per heavy atom. The molecule has 0 bridgehead atoms. The van der Waals surface area contributed by atoms with Gasteiger partial charge < -0.3 is 19.9 Å². The van der Waals surface area contributed by atoms with Crippen LogP contribution in [0.15, 0.2) is 66.7 Å². The van der Waals surface area contributed by atoms with Gasteiger partial charge in [-0.2, -0.15) is 0 Å². The fourth-order valence-electron chi connectivity index (χ4n) is 4.02. The largest absolute Gasteiger partial charge is 0.454 e. The highest BCUT2D eigenvalue weighted by Crippen LogP contribution is 2.40. The Labute approximate surface area is 178 Å². The number of hydrogen-bond acceptors (Lipinski definition) is 4. The summed E-state index contributed by atoms with van der Waals surface area (Å²) in [5, 5.41) is 13.1. The van der Waals surface area contributed by atoms with E-state index in [1.807, 2.05) is 18.2 Å². The van der Waals surface area contributed by atoms with Crippen molar-refractivity contribution in [1.29, 1.82) is 0 Å². The monoisotopic (exact) mass is 403 g/mol. The zero-order valence-corrected chi connectivity index (χ0v) is 17.4. The summed E-state index contributed by atoms with van der Waals surface area (Å²) in [4.78, 5) is 0. The summed E-state index contributed by atoms with van der Waals surface area (Å²) < 4.78 is 11.3. The van der Waals surface area contributed by atoms with Crippen LogP contribution >= 0.6 is 0 Å². The Bertz CT molecular complexity index is 971. The lowest BCUT2D eigenvalue weighted by molar-refractivity contribution is 0.174. The van der Waals surface area contributed by atoms with E-state index in [-0.39, 0.29) is 13.4 Å². The highest BCUT2D eigenvalue weighted by Gasteiger charge is 2.19. The van der Waals surface area contributed by atoms with Crippen molar-refractivity contribution in [1.82, 2.24) is 5.32 Å². The summed E-state index contributed by atoms with van der Waals surface area (Å²) in [6.45, 7) is 3.54. The molecule has 0 saturated heterocycles. The molecule has 0 aromatic heterocycles. The van der Waals surface area contributed by atoms with Gasteiger partial charge in [-0.1, -0.05) is 54.6 Å². The van der Waals surface area contributed by atoms with Gasteiger partial charge in [0.2, 0.25) is 6.79 Å². The fraction of sp³-hybridized carbons (Fsp3) is 0.308. The van der Waals surface area contributed by atoms with Gasteiger partial charge in [-0.15, -0.1) is 0 Å². The van der Waals surface area contributed by atoms with Gasteiger partial charge in [0, 0.05) is 12.6 Å². The van der Waals surface area contributed by atoms with Crippen LogP contribution in [-0.2, 0) is 12.8 Å². The minimum Gasteiger partial charge on any atom is -0.454 e. The molecule has 0 unspecified atom stereocenters. The highest BCUT2D eigenvalue weighted by molar-refractivity contribution is 5.74. The number of nitrogens with one attached hydrogen (secondary N) is 1. The van der Waals surface area contributed by atoms with E-state index in [0.717, 1.165) is 42.0 Å². The lowest BCUT2D eigenvalue weighted by Gasteiger charge is -2.16. The molecule has 1 atom stereocenters. The standard InChI is InChI=1S/C26H29NO3/c1-19(20-8-3-2-4-9-20)27-14-7-11-22-16-25-26(30-18-29-25)17-24(22)23-12-6-5-10-21(23)13-15-28/h2-6,8-10,12,16-17,19,27-28H,7,11,13-15,18H2,1H3/t19-/m0/s1. The lowest BCUT2D eigenvalue weighted by atomic mass is 9.91. The van der Waals surface area contributed by atoms with Crippen molar-refractivity contribution in [3.8, 4) is 22.6 Å².